The van der Waals surface area contributed by atoms with Crippen molar-refractivity contribution in [2.75, 3.05) is 10.9 Å². The van der Waals surface area contributed by atoms with E-state index in [1.54, 1.807) is 0 Å². The Bertz CT molecular complexity index is 1330. The van der Waals surface area contributed by atoms with E-state index in [-0.39, 0.29) is 0 Å². The molecule has 6 aromatic rings. The number of hydrogen-bond acceptors (Lipinski definition) is 4. The van der Waals surface area contributed by atoms with Gasteiger partial charge in [-0.15, -0.1) is 0 Å². The second kappa shape index (κ2) is 6.71. The summed E-state index contributed by atoms with van der Waals surface area (Å²) in [6, 6.07) is 32.8. The average Bonchev–Trinajstić information content (AvgIpc) is 2.81. The van der Waals surface area contributed by atoms with Crippen molar-refractivity contribution in [2.24, 2.45) is 0 Å². The third-order valence-electron chi connectivity index (χ3n) is 5.49. The molecule has 4 heteroatoms. The monoisotopic (exact) mass is 386 g/mol. The van der Waals surface area contributed by atoms with Crippen molar-refractivity contribution in [1.82, 2.24) is 9.97 Å². The smallest absolute Gasteiger partial charge is 0.0731 e. The molecule has 30 heavy (non-hydrogen) atoms. The Morgan fingerprint density at radius 3 is 0.933 bits per heavy atom. The Hall–Kier alpha value is -4.18. The van der Waals surface area contributed by atoms with Crippen molar-refractivity contribution in [1.29, 1.82) is 0 Å². The number of pyridine rings is 2. The molecule has 2 aromatic heterocycles. The van der Waals surface area contributed by atoms with Crippen molar-refractivity contribution in [3.63, 3.8) is 0 Å². The Morgan fingerprint density at radius 2 is 0.633 bits per heavy atom. The van der Waals surface area contributed by atoms with Crippen molar-refractivity contribution < 1.29 is 0 Å². The SMILES string of the molecule is c1ccc2c(NNc3c4ccccc4nc4ccccc34)c3ccccc3nc2c1. The number of rotatable bonds is 3. The lowest BCUT2D eigenvalue weighted by atomic mass is 10.1. The maximum Gasteiger partial charge on any atom is 0.0731 e. The van der Waals surface area contributed by atoms with Gasteiger partial charge in [0.1, 0.15) is 0 Å². The summed E-state index contributed by atoms with van der Waals surface area (Å²) in [4.78, 5) is 9.63. The number of para-hydroxylation sites is 4. The van der Waals surface area contributed by atoms with Crippen LogP contribution in [-0.2, 0) is 0 Å². The van der Waals surface area contributed by atoms with E-state index in [4.69, 9.17) is 9.97 Å². The maximum atomic E-state index is 4.82. The van der Waals surface area contributed by atoms with Crippen molar-refractivity contribution >= 4 is 55.0 Å². The third kappa shape index (κ3) is 2.62. The Kier molecular flexibility index (Phi) is 3.74. The van der Waals surface area contributed by atoms with Gasteiger partial charge in [-0.3, -0.25) is 10.9 Å². The fourth-order valence-electron chi connectivity index (χ4n) is 4.07. The van der Waals surface area contributed by atoms with Crippen molar-refractivity contribution in [3.8, 4) is 0 Å². The van der Waals surface area contributed by atoms with Crippen LogP contribution in [0.5, 0.6) is 0 Å². The van der Waals surface area contributed by atoms with Crippen LogP contribution in [0.15, 0.2) is 97.1 Å². The standard InChI is InChI=1S/C26H18N4/c1-5-13-21-17(9-1)25(18-10-2-6-14-22(18)27-21)29-30-26-19-11-3-7-15-23(19)28-24-16-8-4-12-20(24)26/h1-16H,(H,27,29)(H,28,30). The lowest BCUT2D eigenvalue weighted by Gasteiger charge is -2.17. The molecule has 0 amide bonds. The summed E-state index contributed by atoms with van der Waals surface area (Å²) in [7, 11) is 0. The minimum Gasteiger partial charge on any atom is -0.299 e. The molecule has 0 fully saturated rings. The van der Waals surface area contributed by atoms with Crippen LogP contribution in [0.1, 0.15) is 0 Å². The number of hydrazine groups is 1. The largest absolute Gasteiger partial charge is 0.299 e. The summed E-state index contributed by atoms with van der Waals surface area (Å²) in [5.41, 5.74) is 12.9. The zero-order valence-electron chi connectivity index (χ0n) is 16.1. The third-order valence-corrected chi connectivity index (χ3v) is 5.49. The summed E-state index contributed by atoms with van der Waals surface area (Å²) in [6.07, 6.45) is 0. The van der Waals surface area contributed by atoms with Gasteiger partial charge in [-0.2, -0.15) is 0 Å². The molecular formula is C26H18N4. The average molecular weight is 386 g/mol. The molecule has 2 N–H and O–H groups in total. The van der Waals surface area contributed by atoms with Crippen molar-refractivity contribution in [2.45, 2.75) is 0 Å². The minimum absolute atomic E-state index is 0.963. The first kappa shape index (κ1) is 16.7. The zero-order chi connectivity index (χ0) is 19.9. The molecule has 0 radical (unpaired) electrons. The molecule has 4 aromatic carbocycles. The van der Waals surface area contributed by atoms with Gasteiger partial charge in [0.15, 0.2) is 0 Å². The van der Waals surface area contributed by atoms with E-state index in [1.165, 1.54) is 0 Å². The van der Waals surface area contributed by atoms with Gasteiger partial charge in [-0.1, -0.05) is 72.8 Å². The molecule has 0 bridgehead atoms. The fraction of sp³-hybridized carbons (Fsp3) is 0. The highest BCUT2D eigenvalue weighted by Gasteiger charge is 2.11. The molecule has 0 saturated carbocycles. The predicted molar refractivity (Wildman–Crippen MR) is 126 cm³/mol. The van der Waals surface area contributed by atoms with Crippen LogP contribution in [0.2, 0.25) is 0 Å². The van der Waals surface area contributed by atoms with Gasteiger partial charge in [0, 0.05) is 21.5 Å². The van der Waals surface area contributed by atoms with Crippen LogP contribution in [0.25, 0.3) is 43.6 Å². The highest BCUT2D eigenvalue weighted by atomic mass is 15.4. The second-order valence-corrected chi connectivity index (χ2v) is 7.29. The molecule has 0 atom stereocenters. The quantitative estimate of drug-likeness (QED) is 0.268. The normalized spacial score (nSPS) is 11.3. The number of nitrogens with zero attached hydrogens (tertiary/aromatic N) is 2. The lowest BCUT2D eigenvalue weighted by molar-refractivity contribution is 1.43. The van der Waals surface area contributed by atoms with Gasteiger partial charge >= 0.3 is 0 Å². The molecule has 0 unspecified atom stereocenters. The van der Waals surface area contributed by atoms with E-state index in [1.807, 2.05) is 72.8 Å². The molecule has 0 aliphatic carbocycles. The summed E-state index contributed by atoms with van der Waals surface area (Å²) >= 11 is 0. The lowest BCUT2D eigenvalue weighted by Crippen LogP contribution is -2.11. The van der Waals surface area contributed by atoms with Gasteiger partial charge in [-0.25, -0.2) is 9.97 Å². The van der Waals surface area contributed by atoms with Crippen LogP contribution in [-0.4, -0.2) is 9.97 Å². The Labute approximate surface area is 173 Å². The van der Waals surface area contributed by atoms with E-state index in [9.17, 15) is 0 Å². The van der Waals surface area contributed by atoms with E-state index in [0.29, 0.717) is 0 Å². The van der Waals surface area contributed by atoms with Gasteiger partial charge < -0.3 is 0 Å². The number of nitrogens with one attached hydrogen (secondary N) is 2. The molecule has 0 spiro atoms. The van der Waals surface area contributed by atoms with E-state index >= 15 is 0 Å². The molecular weight excluding hydrogens is 368 g/mol. The van der Waals surface area contributed by atoms with Gasteiger partial charge in [0.05, 0.1) is 33.4 Å². The number of anilines is 2. The van der Waals surface area contributed by atoms with E-state index < -0.39 is 0 Å². The highest BCUT2D eigenvalue weighted by Crippen LogP contribution is 2.33. The summed E-state index contributed by atoms with van der Waals surface area (Å²) in [6.45, 7) is 0. The number of benzene rings is 4. The first-order valence-corrected chi connectivity index (χ1v) is 9.95. The molecule has 0 aliphatic heterocycles. The first-order valence-electron chi connectivity index (χ1n) is 9.95. The molecule has 2 heterocycles. The topological polar surface area (TPSA) is 49.8 Å². The van der Waals surface area contributed by atoms with Crippen molar-refractivity contribution in [3.05, 3.63) is 97.1 Å². The van der Waals surface area contributed by atoms with E-state index in [0.717, 1.165) is 55.0 Å². The molecule has 6 rings (SSSR count). The number of fused-ring (bicyclic) bond motifs is 4. The van der Waals surface area contributed by atoms with E-state index in [2.05, 4.69) is 35.1 Å². The number of aromatic nitrogens is 2. The Balaban J connectivity index is 1.56. The minimum atomic E-state index is 0.963. The van der Waals surface area contributed by atoms with Gasteiger partial charge in [0.2, 0.25) is 0 Å². The maximum absolute atomic E-state index is 4.82. The highest BCUT2D eigenvalue weighted by molar-refractivity contribution is 6.10. The molecule has 0 saturated heterocycles. The van der Waals surface area contributed by atoms with Crippen LogP contribution in [0, 0.1) is 0 Å². The fourth-order valence-corrected chi connectivity index (χ4v) is 4.07. The van der Waals surface area contributed by atoms with Crippen LogP contribution < -0.4 is 10.9 Å². The molecule has 0 aliphatic rings. The summed E-state index contributed by atoms with van der Waals surface area (Å²) < 4.78 is 0. The summed E-state index contributed by atoms with van der Waals surface area (Å²) in [5.74, 6) is 0. The molecule has 4 nitrogen and oxygen atoms in total. The molecule has 142 valence electrons. The van der Waals surface area contributed by atoms with Crippen LogP contribution in [0.3, 0.4) is 0 Å². The van der Waals surface area contributed by atoms with Crippen LogP contribution >= 0.6 is 0 Å². The summed E-state index contributed by atoms with van der Waals surface area (Å²) in [5, 5.41) is 4.30. The second-order valence-electron chi connectivity index (χ2n) is 7.29. The van der Waals surface area contributed by atoms with Gasteiger partial charge in [-0.05, 0) is 24.3 Å². The zero-order valence-corrected chi connectivity index (χ0v) is 16.1. The first-order chi connectivity index (χ1) is 14.9. The van der Waals surface area contributed by atoms with Crippen LogP contribution in [0.4, 0.5) is 11.4 Å². The van der Waals surface area contributed by atoms with Gasteiger partial charge in [0.25, 0.3) is 0 Å². The Morgan fingerprint density at radius 1 is 0.367 bits per heavy atom. The predicted octanol–water partition coefficient (Wildman–Crippen LogP) is 6.53. The number of hydrogen-bond donors (Lipinski definition) is 2.